The average Bonchev–Trinajstić information content (AvgIpc) is 2.90. The van der Waals surface area contributed by atoms with Gasteiger partial charge in [0, 0.05) is 21.8 Å². The van der Waals surface area contributed by atoms with Gasteiger partial charge in [-0.3, -0.25) is 14.2 Å². The Balaban J connectivity index is 1.86. The van der Waals surface area contributed by atoms with Crippen LogP contribution in [0.2, 0.25) is 0 Å². The first-order valence-electron chi connectivity index (χ1n) is 11.9. The number of nitrogens with zero attached hydrogens (tertiary/aromatic N) is 1. The van der Waals surface area contributed by atoms with Gasteiger partial charge in [0.15, 0.2) is 5.78 Å². The molecule has 0 aliphatic carbocycles. The molecule has 1 heterocycles. The molecule has 4 aromatic rings. The van der Waals surface area contributed by atoms with Gasteiger partial charge < -0.3 is 4.74 Å². The number of benzene rings is 3. The van der Waals surface area contributed by atoms with Crippen LogP contribution in [0.3, 0.4) is 0 Å². The number of ether oxygens (including phenoxy) is 1. The van der Waals surface area contributed by atoms with E-state index in [1.54, 1.807) is 38.1 Å². The van der Waals surface area contributed by atoms with E-state index in [9.17, 15) is 22.8 Å². The van der Waals surface area contributed by atoms with Crippen molar-refractivity contribution in [2.75, 3.05) is 6.61 Å². The molecule has 1 amide bonds. The molecule has 1 aromatic heterocycles. The van der Waals surface area contributed by atoms with Crippen LogP contribution < -0.4 is 10.3 Å². The van der Waals surface area contributed by atoms with Crippen molar-refractivity contribution in [2.24, 2.45) is 0 Å². The standard InChI is InChI=1S/C28H25BrN2O6S/c1-3-24(32)26-25(19-8-6-5-7-9-19)23-16-20(29)12-15-22(23)27(33)31(26)17-18-10-13-21(14-11-18)38(35,36)30-28(34)37-4-2/h5-16H,3-4,17H2,1-2H3,(H,30,34). The number of ketones is 1. The van der Waals surface area contributed by atoms with Gasteiger partial charge in [-0.1, -0.05) is 65.3 Å². The number of fused-ring (bicyclic) bond motifs is 1. The van der Waals surface area contributed by atoms with E-state index in [1.165, 1.54) is 16.7 Å². The van der Waals surface area contributed by atoms with E-state index >= 15 is 0 Å². The average molecular weight is 597 g/mol. The Morgan fingerprint density at radius 3 is 2.26 bits per heavy atom. The fraction of sp³-hybridized carbons (Fsp3) is 0.179. The number of sulfonamides is 1. The van der Waals surface area contributed by atoms with Gasteiger partial charge in [-0.15, -0.1) is 0 Å². The van der Waals surface area contributed by atoms with Crippen LogP contribution in [0.1, 0.15) is 36.3 Å². The van der Waals surface area contributed by atoms with Crippen molar-refractivity contribution < 1.29 is 22.7 Å². The van der Waals surface area contributed by atoms with E-state index < -0.39 is 16.1 Å². The molecule has 3 aromatic carbocycles. The number of hydrogen-bond donors (Lipinski definition) is 1. The monoisotopic (exact) mass is 596 g/mol. The van der Waals surface area contributed by atoms with Crippen LogP contribution in [-0.4, -0.2) is 31.5 Å². The summed E-state index contributed by atoms with van der Waals surface area (Å²) in [5.41, 5.74) is 2.02. The van der Waals surface area contributed by atoms with E-state index in [0.29, 0.717) is 21.9 Å². The summed E-state index contributed by atoms with van der Waals surface area (Å²) in [4.78, 5) is 38.5. The van der Waals surface area contributed by atoms with Crippen molar-refractivity contribution in [1.29, 1.82) is 0 Å². The van der Waals surface area contributed by atoms with E-state index in [1.807, 2.05) is 41.1 Å². The van der Waals surface area contributed by atoms with Crippen molar-refractivity contribution in [2.45, 2.75) is 31.7 Å². The SMILES string of the molecule is CCOC(=O)NS(=O)(=O)c1ccc(Cn2c(C(=O)CC)c(-c3ccccc3)c3cc(Br)ccc3c2=O)cc1. The smallest absolute Gasteiger partial charge is 0.421 e. The molecule has 4 rings (SSSR count). The van der Waals surface area contributed by atoms with Gasteiger partial charge in [0.25, 0.3) is 15.6 Å². The summed E-state index contributed by atoms with van der Waals surface area (Å²) in [5, 5.41) is 1.12. The molecule has 0 bridgehead atoms. The summed E-state index contributed by atoms with van der Waals surface area (Å²) < 4.78 is 33.7. The first-order valence-corrected chi connectivity index (χ1v) is 14.2. The zero-order valence-electron chi connectivity index (χ0n) is 20.7. The summed E-state index contributed by atoms with van der Waals surface area (Å²) in [6.07, 6.45) is -0.878. The molecule has 1 N–H and O–H groups in total. The summed E-state index contributed by atoms with van der Waals surface area (Å²) in [5.74, 6) is -0.194. The molecular weight excluding hydrogens is 572 g/mol. The van der Waals surface area contributed by atoms with Gasteiger partial charge in [-0.25, -0.2) is 17.9 Å². The number of halogens is 1. The Kier molecular flexibility index (Phi) is 8.13. The number of nitrogens with one attached hydrogen (secondary N) is 1. The zero-order valence-corrected chi connectivity index (χ0v) is 23.1. The minimum atomic E-state index is -4.13. The second-order valence-electron chi connectivity index (χ2n) is 8.42. The number of carbonyl (C=O) groups is 2. The van der Waals surface area contributed by atoms with Crippen LogP contribution in [0.15, 0.2) is 87.0 Å². The zero-order chi connectivity index (χ0) is 27.4. The summed E-state index contributed by atoms with van der Waals surface area (Å²) >= 11 is 3.48. The molecule has 0 unspecified atom stereocenters. The Bertz CT molecular complexity index is 1680. The molecule has 0 saturated heterocycles. The van der Waals surface area contributed by atoms with Gasteiger partial charge in [0.2, 0.25) is 0 Å². The van der Waals surface area contributed by atoms with Crippen molar-refractivity contribution >= 4 is 48.6 Å². The molecule has 0 saturated carbocycles. The number of Topliss-reactive ketones (excluding diaryl/α,β-unsaturated/α-hetero) is 1. The second-order valence-corrected chi connectivity index (χ2v) is 11.0. The number of pyridine rings is 1. The third-order valence-electron chi connectivity index (χ3n) is 5.95. The fourth-order valence-electron chi connectivity index (χ4n) is 4.21. The molecule has 0 atom stereocenters. The first kappa shape index (κ1) is 27.3. The maximum Gasteiger partial charge on any atom is 0.421 e. The lowest BCUT2D eigenvalue weighted by Crippen LogP contribution is -2.31. The molecule has 8 nitrogen and oxygen atoms in total. The lowest BCUT2D eigenvalue weighted by atomic mass is 9.94. The van der Waals surface area contributed by atoms with Crippen LogP contribution in [0, 0.1) is 0 Å². The molecule has 0 spiro atoms. The predicted octanol–water partition coefficient (Wildman–Crippen LogP) is 5.51. The quantitative estimate of drug-likeness (QED) is 0.268. The van der Waals surface area contributed by atoms with Crippen molar-refractivity contribution in [3.63, 3.8) is 0 Å². The molecule has 0 radical (unpaired) electrons. The highest BCUT2D eigenvalue weighted by Crippen LogP contribution is 2.33. The van der Waals surface area contributed by atoms with Gasteiger partial charge in [-0.05, 0) is 53.8 Å². The molecule has 0 aliphatic heterocycles. The summed E-state index contributed by atoms with van der Waals surface area (Å²) in [6, 6.07) is 20.5. The number of hydrogen-bond acceptors (Lipinski definition) is 6. The van der Waals surface area contributed by atoms with Crippen molar-refractivity contribution in [1.82, 2.24) is 9.29 Å². The lowest BCUT2D eigenvalue weighted by molar-refractivity contribution is 0.0979. The van der Waals surface area contributed by atoms with Crippen LogP contribution in [0.25, 0.3) is 21.9 Å². The molecule has 196 valence electrons. The predicted molar refractivity (Wildman–Crippen MR) is 149 cm³/mol. The Labute approximate surface area is 228 Å². The minimum Gasteiger partial charge on any atom is -0.449 e. The second kappa shape index (κ2) is 11.3. The Morgan fingerprint density at radius 2 is 1.63 bits per heavy atom. The number of rotatable bonds is 8. The van der Waals surface area contributed by atoms with Crippen LogP contribution >= 0.6 is 15.9 Å². The lowest BCUT2D eigenvalue weighted by Gasteiger charge is -2.19. The van der Waals surface area contributed by atoms with Crippen molar-refractivity contribution in [3.05, 3.63) is 98.9 Å². The van der Waals surface area contributed by atoms with Gasteiger partial charge in [0.1, 0.15) is 0 Å². The van der Waals surface area contributed by atoms with Crippen LogP contribution in [-0.2, 0) is 21.3 Å². The van der Waals surface area contributed by atoms with Gasteiger partial charge in [0.05, 0.1) is 23.7 Å². The highest BCUT2D eigenvalue weighted by Gasteiger charge is 2.23. The largest absolute Gasteiger partial charge is 0.449 e. The Morgan fingerprint density at radius 1 is 0.947 bits per heavy atom. The topological polar surface area (TPSA) is 112 Å². The van der Waals surface area contributed by atoms with E-state index in [0.717, 1.165) is 10.0 Å². The number of carbonyl (C=O) groups excluding carboxylic acids is 2. The molecule has 0 fully saturated rings. The highest BCUT2D eigenvalue weighted by atomic mass is 79.9. The third kappa shape index (κ3) is 5.56. The molecule has 0 aliphatic rings. The fourth-order valence-corrected chi connectivity index (χ4v) is 5.46. The highest BCUT2D eigenvalue weighted by molar-refractivity contribution is 9.10. The van der Waals surface area contributed by atoms with Gasteiger partial charge in [-0.2, -0.15) is 0 Å². The van der Waals surface area contributed by atoms with Crippen LogP contribution in [0.5, 0.6) is 0 Å². The van der Waals surface area contributed by atoms with Crippen molar-refractivity contribution in [3.8, 4) is 11.1 Å². The Hall–Kier alpha value is -3.76. The summed E-state index contributed by atoms with van der Waals surface area (Å²) in [6.45, 7) is 3.38. The minimum absolute atomic E-state index is 0.0293. The maximum atomic E-state index is 13.7. The third-order valence-corrected chi connectivity index (χ3v) is 7.77. The molecular formula is C28H25BrN2O6S. The molecule has 10 heteroatoms. The first-order chi connectivity index (χ1) is 18.2. The number of amides is 1. The number of aromatic nitrogens is 1. The van der Waals surface area contributed by atoms with E-state index in [2.05, 4.69) is 20.7 Å². The van der Waals surface area contributed by atoms with E-state index in [-0.39, 0.29) is 41.5 Å². The maximum absolute atomic E-state index is 13.7. The van der Waals surface area contributed by atoms with Crippen LogP contribution in [0.4, 0.5) is 4.79 Å². The molecule has 38 heavy (non-hydrogen) atoms. The normalized spacial score (nSPS) is 11.3. The van der Waals surface area contributed by atoms with Gasteiger partial charge >= 0.3 is 6.09 Å². The van der Waals surface area contributed by atoms with E-state index in [4.69, 9.17) is 0 Å². The summed E-state index contributed by atoms with van der Waals surface area (Å²) in [7, 11) is -4.13.